The van der Waals surface area contributed by atoms with Crippen LogP contribution in [0.4, 0.5) is 0 Å². The van der Waals surface area contributed by atoms with Gasteiger partial charge < -0.3 is 20.4 Å². The van der Waals surface area contributed by atoms with Crippen LogP contribution in [0, 0.1) is 0 Å². The Bertz CT molecular complexity index is 527. The van der Waals surface area contributed by atoms with Gasteiger partial charge in [-0.25, -0.2) is 0 Å². The lowest BCUT2D eigenvalue weighted by Crippen LogP contribution is -2.33. The van der Waals surface area contributed by atoms with Gasteiger partial charge in [0.15, 0.2) is 11.1 Å². The Morgan fingerprint density at radius 1 is 1.36 bits per heavy atom. The fraction of sp³-hybridized carbons (Fsp3) is 0.824. The van der Waals surface area contributed by atoms with Gasteiger partial charge in [0, 0.05) is 38.8 Å². The number of aromatic nitrogens is 3. The van der Waals surface area contributed by atoms with E-state index in [1.54, 1.807) is 11.8 Å². The first kappa shape index (κ1) is 20.0. The number of nitrogens with two attached hydrogens (primary N) is 1. The second-order valence-corrected chi connectivity index (χ2v) is 7.03. The van der Waals surface area contributed by atoms with Crippen molar-refractivity contribution in [1.29, 1.82) is 0 Å². The maximum atomic E-state index is 5.88. The first-order chi connectivity index (χ1) is 12.3. The number of ether oxygens (including phenoxy) is 1. The molecule has 0 atom stereocenters. The lowest BCUT2D eigenvalue weighted by molar-refractivity contribution is 0.145. The third-order valence-electron chi connectivity index (χ3n) is 4.42. The number of aliphatic imine (C=N–C) groups is 1. The smallest absolute Gasteiger partial charge is 0.191 e. The van der Waals surface area contributed by atoms with Crippen molar-refractivity contribution >= 4 is 17.7 Å². The first-order valence-electron chi connectivity index (χ1n) is 9.35. The first-order valence-corrected chi connectivity index (χ1v) is 10.6. The summed E-state index contributed by atoms with van der Waals surface area (Å²) in [7, 11) is 0. The van der Waals surface area contributed by atoms with Gasteiger partial charge in [0.1, 0.15) is 5.82 Å². The molecule has 1 aliphatic carbocycles. The monoisotopic (exact) mass is 368 g/mol. The minimum Gasteiger partial charge on any atom is -0.382 e. The number of hydrogen-bond acceptors (Lipinski definition) is 5. The number of thioether (sulfide) groups is 1. The molecule has 0 saturated heterocycles. The van der Waals surface area contributed by atoms with Crippen LogP contribution in [0.3, 0.4) is 0 Å². The molecular formula is C17H32N6OS. The van der Waals surface area contributed by atoms with Crippen molar-refractivity contribution in [2.75, 3.05) is 32.6 Å². The Labute approximate surface area is 155 Å². The number of nitrogens with zero attached hydrogens (tertiary/aromatic N) is 4. The van der Waals surface area contributed by atoms with Crippen LogP contribution < -0.4 is 11.1 Å². The van der Waals surface area contributed by atoms with Crippen LogP contribution in [0.25, 0.3) is 0 Å². The summed E-state index contributed by atoms with van der Waals surface area (Å²) >= 11 is 1.68. The third-order valence-corrected chi connectivity index (χ3v) is 5.07. The Morgan fingerprint density at radius 3 is 2.88 bits per heavy atom. The molecule has 1 aliphatic rings. The highest BCUT2D eigenvalue weighted by molar-refractivity contribution is 7.98. The molecule has 1 heterocycles. The fourth-order valence-corrected chi connectivity index (χ4v) is 3.75. The molecule has 0 unspecified atom stereocenters. The molecule has 7 nitrogen and oxygen atoms in total. The second-order valence-electron chi connectivity index (χ2n) is 6.26. The zero-order valence-electron chi connectivity index (χ0n) is 15.5. The van der Waals surface area contributed by atoms with Gasteiger partial charge in [-0.15, -0.1) is 10.2 Å². The molecule has 142 valence electrons. The van der Waals surface area contributed by atoms with Crippen molar-refractivity contribution < 1.29 is 4.74 Å². The summed E-state index contributed by atoms with van der Waals surface area (Å²) in [5, 5.41) is 12.9. The number of nitrogens with one attached hydrogen (secondary N) is 1. The summed E-state index contributed by atoms with van der Waals surface area (Å²) in [4.78, 5) is 4.39. The maximum Gasteiger partial charge on any atom is 0.191 e. The molecule has 0 aromatic carbocycles. The van der Waals surface area contributed by atoms with E-state index in [2.05, 4.69) is 31.3 Å². The minimum atomic E-state index is 0.513. The third kappa shape index (κ3) is 6.51. The lowest BCUT2D eigenvalue weighted by Gasteiger charge is -2.16. The Kier molecular flexibility index (Phi) is 9.10. The standard InChI is InChI=1S/C17H32N6OS/c1-3-24-13-7-12-20-16(18)19-11-6-10-15-21-22-17(25-2)23(15)14-8-4-5-9-14/h14H,3-13H2,1-2H3,(H3,18,19,20). The van der Waals surface area contributed by atoms with E-state index in [-0.39, 0.29) is 0 Å². The van der Waals surface area contributed by atoms with Gasteiger partial charge in [-0.05, 0) is 38.9 Å². The van der Waals surface area contributed by atoms with Crippen LogP contribution >= 0.6 is 11.8 Å². The normalized spacial score (nSPS) is 15.8. The van der Waals surface area contributed by atoms with Gasteiger partial charge in [-0.3, -0.25) is 4.99 Å². The maximum absolute atomic E-state index is 5.88. The summed E-state index contributed by atoms with van der Waals surface area (Å²) in [6.45, 7) is 5.01. The summed E-state index contributed by atoms with van der Waals surface area (Å²) in [5.74, 6) is 1.60. The highest BCUT2D eigenvalue weighted by Crippen LogP contribution is 2.33. The predicted octanol–water partition coefficient (Wildman–Crippen LogP) is 2.38. The van der Waals surface area contributed by atoms with Gasteiger partial charge in [-0.1, -0.05) is 24.6 Å². The number of guanidine groups is 1. The summed E-state index contributed by atoms with van der Waals surface area (Å²) < 4.78 is 7.65. The van der Waals surface area contributed by atoms with Crippen LogP contribution in [0.5, 0.6) is 0 Å². The topological polar surface area (TPSA) is 90.3 Å². The van der Waals surface area contributed by atoms with Crippen LogP contribution in [0.1, 0.15) is 57.3 Å². The lowest BCUT2D eigenvalue weighted by atomic mass is 10.2. The number of aryl methyl sites for hydroxylation is 1. The van der Waals surface area contributed by atoms with Crippen LogP contribution in [-0.4, -0.2) is 53.3 Å². The van der Waals surface area contributed by atoms with Crippen molar-refractivity contribution in [1.82, 2.24) is 20.1 Å². The Balaban J connectivity index is 1.74. The second kappa shape index (κ2) is 11.4. The summed E-state index contributed by atoms with van der Waals surface area (Å²) in [6, 6.07) is 0.577. The summed E-state index contributed by atoms with van der Waals surface area (Å²) in [5.41, 5.74) is 5.88. The molecule has 1 aromatic rings. The van der Waals surface area contributed by atoms with Crippen molar-refractivity contribution in [3.8, 4) is 0 Å². The van der Waals surface area contributed by atoms with Gasteiger partial charge >= 0.3 is 0 Å². The molecular weight excluding hydrogens is 336 g/mol. The van der Waals surface area contributed by atoms with Crippen molar-refractivity contribution in [3.63, 3.8) is 0 Å². The molecule has 0 spiro atoms. The largest absolute Gasteiger partial charge is 0.382 e. The molecule has 1 saturated carbocycles. The van der Waals surface area contributed by atoms with E-state index < -0.39 is 0 Å². The van der Waals surface area contributed by atoms with E-state index in [4.69, 9.17) is 10.5 Å². The van der Waals surface area contributed by atoms with E-state index >= 15 is 0 Å². The average Bonchev–Trinajstić information content (AvgIpc) is 3.27. The highest BCUT2D eigenvalue weighted by atomic mass is 32.2. The quantitative estimate of drug-likeness (QED) is 0.270. The molecule has 1 fully saturated rings. The Hall–Kier alpha value is -1.28. The number of rotatable bonds is 11. The summed E-state index contributed by atoms with van der Waals surface area (Å²) in [6.07, 6.45) is 9.95. The van der Waals surface area contributed by atoms with Crippen molar-refractivity contribution in [3.05, 3.63) is 5.82 Å². The average molecular weight is 369 g/mol. The molecule has 2 rings (SSSR count). The fourth-order valence-electron chi connectivity index (χ4n) is 3.17. The molecule has 3 N–H and O–H groups in total. The zero-order chi connectivity index (χ0) is 17.9. The molecule has 0 amide bonds. The van der Waals surface area contributed by atoms with Gasteiger partial charge in [0.05, 0.1) is 0 Å². The molecule has 0 aliphatic heterocycles. The molecule has 0 bridgehead atoms. The van der Waals surface area contributed by atoms with E-state index in [0.29, 0.717) is 18.5 Å². The SMILES string of the molecule is CCOCCCNC(N)=NCCCc1nnc(SC)n1C1CCCC1. The van der Waals surface area contributed by atoms with Gasteiger partial charge in [0.25, 0.3) is 0 Å². The van der Waals surface area contributed by atoms with Crippen LogP contribution in [-0.2, 0) is 11.2 Å². The molecule has 1 aromatic heterocycles. The number of hydrogen-bond donors (Lipinski definition) is 2. The molecule has 0 radical (unpaired) electrons. The van der Waals surface area contributed by atoms with Crippen LogP contribution in [0.15, 0.2) is 10.1 Å². The predicted molar refractivity (Wildman–Crippen MR) is 103 cm³/mol. The van der Waals surface area contributed by atoms with E-state index in [0.717, 1.165) is 50.0 Å². The van der Waals surface area contributed by atoms with Gasteiger partial charge in [-0.2, -0.15) is 0 Å². The highest BCUT2D eigenvalue weighted by Gasteiger charge is 2.23. The van der Waals surface area contributed by atoms with Crippen molar-refractivity contribution in [2.45, 2.75) is 63.1 Å². The van der Waals surface area contributed by atoms with Crippen LogP contribution in [0.2, 0.25) is 0 Å². The molecule has 25 heavy (non-hydrogen) atoms. The van der Waals surface area contributed by atoms with E-state index in [1.165, 1.54) is 25.7 Å². The van der Waals surface area contributed by atoms with Gasteiger partial charge in [0.2, 0.25) is 0 Å². The zero-order valence-corrected chi connectivity index (χ0v) is 16.4. The van der Waals surface area contributed by atoms with E-state index in [1.807, 2.05) is 6.92 Å². The minimum absolute atomic E-state index is 0.513. The van der Waals surface area contributed by atoms with Crippen molar-refractivity contribution in [2.24, 2.45) is 10.7 Å². The van der Waals surface area contributed by atoms with E-state index in [9.17, 15) is 0 Å². The molecule has 8 heteroatoms. The Morgan fingerprint density at radius 2 is 2.16 bits per heavy atom.